The van der Waals surface area contributed by atoms with Gasteiger partial charge in [-0.2, -0.15) is 5.26 Å². The van der Waals surface area contributed by atoms with Crippen LogP contribution in [0.15, 0.2) is 18.2 Å². The fourth-order valence-electron chi connectivity index (χ4n) is 0.937. The standard InChI is InChI=1S/C9H6ClN2O/c10-7-2-1-6(3-4-11)8(5-7)9(12)13/h1-3,5H,(H2,12,13). The Bertz CT molecular complexity index is 382. The molecule has 4 heteroatoms. The lowest BCUT2D eigenvalue weighted by Crippen LogP contribution is -2.13. The maximum absolute atomic E-state index is 10.9. The zero-order valence-electron chi connectivity index (χ0n) is 6.62. The molecule has 1 rings (SSSR count). The SMILES string of the molecule is N#C[CH]c1ccc(Cl)cc1C(N)=O. The Morgan fingerprint density at radius 1 is 1.62 bits per heavy atom. The van der Waals surface area contributed by atoms with Gasteiger partial charge in [0.2, 0.25) is 5.91 Å². The minimum atomic E-state index is -0.594. The third kappa shape index (κ3) is 2.20. The molecule has 1 aromatic carbocycles. The van der Waals surface area contributed by atoms with E-state index >= 15 is 0 Å². The van der Waals surface area contributed by atoms with Crippen LogP contribution in [-0.4, -0.2) is 5.91 Å². The lowest BCUT2D eigenvalue weighted by Gasteiger charge is -2.02. The fourth-order valence-corrected chi connectivity index (χ4v) is 1.11. The van der Waals surface area contributed by atoms with Crippen molar-refractivity contribution in [3.8, 4) is 6.07 Å². The first kappa shape index (κ1) is 9.56. The second-order valence-electron chi connectivity index (χ2n) is 2.37. The molecule has 3 nitrogen and oxygen atoms in total. The van der Waals surface area contributed by atoms with Gasteiger partial charge in [0.05, 0.1) is 12.5 Å². The van der Waals surface area contributed by atoms with Gasteiger partial charge in [-0.3, -0.25) is 4.79 Å². The summed E-state index contributed by atoms with van der Waals surface area (Å²) in [5.74, 6) is -0.594. The van der Waals surface area contributed by atoms with E-state index in [9.17, 15) is 4.79 Å². The van der Waals surface area contributed by atoms with Gasteiger partial charge in [-0.25, -0.2) is 0 Å². The topological polar surface area (TPSA) is 66.9 Å². The van der Waals surface area contributed by atoms with Crippen LogP contribution >= 0.6 is 11.6 Å². The molecule has 65 valence electrons. The minimum Gasteiger partial charge on any atom is -0.366 e. The maximum atomic E-state index is 10.9. The van der Waals surface area contributed by atoms with E-state index in [1.54, 1.807) is 12.1 Å². The smallest absolute Gasteiger partial charge is 0.249 e. The Morgan fingerprint density at radius 2 is 2.31 bits per heavy atom. The van der Waals surface area contributed by atoms with Crippen LogP contribution in [-0.2, 0) is 0 Å². The van der Waals surface area contributed by atoms with Crippen molar-refractivity contribution in [2.45, 2.75) is 0 Å². The fraction of sp³-hybridized carbons (Fsp3) is 0. The van der Waals surface area contributed by atoms with Crippen molar-refractivity contribution < 1.29 is 4.79 Å². The van der Waals surface area contributed by atoms with Crippen LogP contribution in [0.5, 0.6) is 0 Å². The molecule has 0 atom stereocenters. The number of nitrogens with two attached hydrogens (primary N) is 1. The van der Waals surface area contributed by atoms with Crippen molar-refractivity contribution in [1.29, 1.82) is 5.26 Å². The van der Waals surface area contributed by atoms with Crippen molar-refractivity contribution in [3.05, 3.63) is 40.8 Å². The zero-order chi connectivity index (χ0) is 9.84. The van der Waals surface area contributed by atoms with E-state index in [1.807, 2.05) is 6.07 Å². The molecular weight excluding hydrogens is 188 g/mol. The van der Waals surface area contributed by atoms with E-state index in [1.165, 1.54) is 12.5 Å². The molecule has 0 aromatic heterocycles. The summed E-state index contributed by atoms with van der Waals surface area (Å²) < 4.78 is 0. The second-order valence-corrected chi connectivity index (χ2v) is 2.81. The number of primary amides is 1. The molecule has 1 radical (unpaired) electrons. The summed E-state index contributed by atoms with van der Waals surface area (Å²) in [7, 11) is 0. The number of carbonyl (C=O) groups is 1. The summed E-state index contributed by atoms with van der Waals surface area (Å²) in [6.07, 6.45) is 1.25. The molecule has 0 spiro atoms. The molecule has 0 aliphatic heterocycles. The Labute approximate surface area is 80.7 Å². The van der Waals surface area contributed by atoms with Crippen LogP contribution in [0.2, 0.25) is 5.02 Å². The predicted molar refractivity (Wildman–Crippen MR) is 49.0 cm³/mol. The van der Waals surface area contributed by atoms with Crippen LogP contribution < -0.4 is 5.73 Å². The summed E-state index contributed by atoms with van der Waals surface area (Å²) in [6, 6.07) is 6.43. The molecule has 2 N–H and O–H groups in total. The Balaban J connectivity index is 3.20. The summed E-state index contributed by atoms with van der Waals surface area (Å²) in [5.41, 5.74) is 5.83. The zero-order valence-corrected chi connectivity index (χ0v) is 7.38. The minimum absolute atomic E-state index is 0.258. The second kappa shape index (κ2) is 3.92. The predicted octanol–water partition coefficient (Wildman–Crippen LogP) is 1.51. The van der Waals surface area contributed by atoms with Crippen molar-refractivity contribution in [1.82, 2.24) is 0 Å². The molecule has 0 heterocycles. The molecule has 0 unspecified atom stereocenters. The van der Waals surface area contributed by atoms with Crippen molar-refractivity contribution >= 4 is 17.5 Å². The van der Waals surface area contributed by atoms with Crippen molar-refractivity contribution in [2.24, 2.45) is 5.73 Å². The van der Waals surface area contributed by atoms with Gasteiger partial charge in [-0.15, -0.1) is 0 Å². The quantitative estimate of drug-likeness (QED) is 0.774. The molecule has 0 aliphatic rings. The summed E-state index contributed by atoms with van der Waals surface area (Å²) >= 11 is 5.66. The summed E-state index contributed by atoms with van der Waals surface area (Å²) in [5, 5.41) is 8.82. The number of rotatable bonds is 2. The van der Waals surface area contributed by atoms with Gasteiger partial charge in [0, 0.05) is 10.6 Å². The van der Waals surface area contributed by atoms with Gasteiger partial charge in [-0.05, 0) is 17.7 Å². The Hall–Kier alpha value is -1.53. The van der Waals surface area contributed by atoms with Gasteiger partial charge < -0.3 is 5.73 Å². The van der Waals surface area contributed by atoms with Crippen LogP contribution in [0, 0.1) is 17.8 Å². The largest absolute Gasteiger partial charge is 0.366 e. The van der Waals surface area contributed by atoms with E-state index in [0.717, 1.165) is 0 Å². The first-order chi connectivity index (χ1) is 6.15. The summed E-state index contributed by atoms with van der Waals surface area (Å²) in [6.45, 7) is 0. The van der Waals surface area contributed by atoms with E-state index in [-0.39, 0.29) is 5.56 Å². The third-order valence-corrected chi connectivity index (χ3v) is 1.74. The molecular formula is C9H6ClN2O. The first-order valence-corrected chi connectivity index (χ1v) is 3.85. The van der Waals surface area contributed by atoms with Crippen molar-refractivity contribution in [2.75, 3.05) is 0 Å². The molecule has 0 saturated heterocycles. The lowest BCUT2D eigenvalue weighted by molar-refractivity contribution is 0.1000. The van der Waals surface area contributed by atoms with Crippen LogP contribution in [0.4, 0.5) is 0 Å². The van der Waals surface area contributed by atoms with Gasteiger partial charge in [-0.1, -0.05) is 17.7 Å². The molecule has 1 amide bonds. The van der Waals surface area contributed by atoms with E-state index in [2.05, 4.69) is 0 Å². The molecule has 0 saturated carbocycles. The van der Waals surface area contributed by atoms with Crippen molar-refractivity contribution in [3.63, 3.8) is 0 Å². The highest BCUT2D eigenvalue weighted by molar-refractivity contribution is 6.31. The highest BCUT2D eigenvalue weighted by Crippen LogP contribution is 2.16. The Morgan fingerprint density at radius 3 is 2.85 bits per heavy atom. The molecule has 0 aliphatic carbocycles. The van der Waals surface area contributed by atoms with E-state index < -0.39 is 5.91 Å². The molecule has 13 heavy (non-hydrogen) atoms. The number of hydrogen-bond acceptors (Lipinski definition) is 2. The number of hydrogen-bond donors (Lipinski definition) is 1. The number of carbonyl (C=O) groups excluding carboxylic acids is 1. The Kier molecular flexibility index (Phi) is 2.88. The maximum Gasteiger partial charge on any atom is 0.249 e. The molecule has 0 fully saturated rings. The van der Waals surface area contributed by atoms with Gasteiger partial charge >= 0.3 is 0 Å². The lowest BCUT2D eigenvalue weighted by atomic mass is 10.1. The number of benzene rings is 1. The molecule has 0 bridgehead atoms. The highest BCUT2D eigenvalue weighted by atomic mass is 35.5. The summed E-state index contributed by atoms with van der Waals surface area (Å²) in [4.78, 5) is 10.9. The number of nitrogens with zero attached hydrogens (tertiary/aromatic N) is 1. The van der Waals surface area contributed by atoms with Gasteiger partial charge in [0.15, 0.2) is 0 Å². The third-order valence-electron chi connectivity index (χ3n) is 1.50. The van der Waals surface area contributed by atoms with Gasteiger partial charge in [0.1, 0.15) is 0 Å². The normalized spacial score (nSPS) is 9.23. The number of halogens is 1. The molecule has 1 aromatic rings. The van der Waals surface area contributed by atoms with Crippen LogP contribution in [0.3, 0.4) is 0 Å². The number of amides is 1. The average Bonchev–Trinajstić information content (AvgIpc) is 2.08. The van der Waals surface area contributed by atoms with E-state index in [0.29, 0.717) is 10.6 Å². The number of nitriles is 1. The van der Waals surface area contributed by atoms with Gasteiger partial charge in [0.25, 0.3) is 0 Å². The van der Waals surface area contributed by atoms with E-state index in [4.69, 9.17) is 22.6 Å². The van der Waals surface area contributed by atoms with Crippen LogP contribution in [0.1, 0.15) is 15.9 Å². The highest BCUT2D eigenvalue weighted by Gasteiger charge is 2.08. The monoisotopic (exact) mass is 193 g/mol. The first-order valence-electron chi connectivity index (χ1n) is 3.47. The van der Waals surface area contributed by atoms with Crippen LogP contribution in [0.25, 0.3) is 0 Å². The average molecular weight is 194 g/mol.